The summed E-state index contributed by atoms with van der Waals surface area (Å²) in [6.45, 7) is 0.481. The van der Waals surface area contributed by atoms with Crippen LogP contribution in [-0.4, -0.2) is 34.7 Å². The summed E-state index contributed by atoms with van der Waals surface area (Å²) in [5, 5.41) is 4.95. The Hall–Kier alpha value is -2.79. The number of carbonyl (C=O) groups excluding carboxylic acids is 1. The van der Waals surface area contributed by atoms with Gasteiger partial charge in [-0.15, -0.1) is 0 Å². The zero-order valence-corrected chi connectivity index (χ0v) is 15.5. The van der Waals surface area contributed by atoms with E-state index in [1.807, 2.05) is 36.5 Å². The fourth-order valence-corrected chi connectivity index (χ4v) is 2.90. The topological polar surface area (TPSA) is 47.4 Å². The normalized spacial score (nSPS) is 10.6. The van der Waals surface area contributed by atoms with Crippen LogP contribution in [0.5, 0.6) is 5.75 Å². The van der Waals surface area contributed by atoms with E-state index in [1.165, 1.54) is 0 Å². The number of likely N-dealkylation sites (N-methyl/N-ethyl adjacent to an activating group) is 1. The highest BCUT2D eigenvalue weighted by Gasteiger charge is 2.14. The summed E-state index contributed by atoms with van der Waals surface area (Å²) in [5.41, 5.74) is 2.72. The Morgan fingerprint density at radius 3 is 2.73 bits per heavy atom. The lowest BCUT2D eigenvalue weighted by Crippen LogP contribution is -2.27. The van der Waals surface area contributed by atoms with Gasteiger partial charge in [-0.25, -0.2) is 4.68 Å². The molecule has 3 aromatic rings. The minimum Gasteiger partial charge on any atom is -0.496 e. The molecule has 0 saturated carbocycles. The van der Waals surface area contributed by atoms with Gasteiger partial charge in [-0.1, -0.05) is 29.8 Å². The van der Waals surface area contributed by atoms with Crippen LogP contribution in [0, 0.1) is 0 Å². The number of carbonyl (C=O) groups is 1. The maximum absolute atomic E-state index is 12.6. The average molecular weight is 370 g/mol. The molecule has 1 amide bonds. The Labute approximate surface area is 157 Å². The first-order valence-corrected chi connectivity index (χ1v) is 8.60. The van der Waals surface area contributed by atoms with Crippen molar-refractivity contribution in [2.75, 3.05) is 14.2 Å². The third kappa shape index (κ3) is 4.24. The first kappa shape index (κ1) is 18.0. The number of benzene rings is 2. The molecule has 0 atom stereocenters. The van der Waals surface area contributed by atoms with Crippen molar-refractivity contribution in [3.8, 4) is 11.4 Å². The number of nitrogens with zero attached hydrogens (tertiary/aromatic N) is 3. The van der Waals surface area contributed by atoms with Crippen molar-refractivity contribution in [3.63, 3.8) is 0 Å². The molecule has 0 bridgehead atoms. The monoisotopic (exact) mass is 369 g/mol. The van der Waals surface area contributed by atoms with E-state index in [9.17, 15) is 4.79 Å². The predicted molar refractivity (Wildman–Crippen MR) is 102 cm³/mol. The van der Waals surface area contributed by atoms with Gasteiger partial charge in [0.1, 0.15) is 5.75 Å². The van der Waals surface area contributed by atoms with E-state index in [0.29, 0.717) is 17.3 Å². The summed E-state index contributed by atoms with van der Waals surface area (Å²) in [7, 11) is 3.36. The molecule has 3 rings (SSSR count). The minimum atomic E-state index is -0.0157. The summed E-state index contributed by atoms with van der Waals surface area (Å²) in [4.78, 5) is 14.2. The van der Waals surface area contributed by atoms with E-state index >= 15 is 0 Å². The lowest BCUT2D eigenvalue weighted by molar-refractivity contribution is -0.129. The Bertz CT molecular complexity index is 893. The highest BCUT2D eigenvalue weighted by Crippen LogP contribution is 2.23. The largest absolute Gasteiger partial charge is 0.496 e. The number of hydrogen-bond acceptors (Lipinski definition) is 3. The molecular weight excluding hydrogens is 350 g/mol. The Morgan fingerprint density at radius 2 is 2.00 bits per heavy atom. The minimum absolute atomic E-state index is 0.0157. The number of para-hydroxylation sites is 1. The lowest BCUT2D eigenvalue weighted by atomic mass is 10.1. The number of amides is 1. The van der Waals surface area contributed by atoms with E-state index < -0.39 is 0 Å². The van der Waals surface area contributed by atoms with E-state index in [4.69, 9.17) is 16.3 Å². The van der Waals surface area contributed by atoms with Crippen LogP contribution in [0.15, 0.2) is 60.9 Å². The second-order valence-electron chi connectivity index (χ2n) is 6.01. The molecule has 0 radical (unpaired) electrons. The van der Waals surface area contributed by atoms with Crippen LogP contribution in [0.2, 0.25) is 5.02 Å². The molecule has 5 nitrogen and oxygen atoms in total. The zero-order valence-electron chi connectivity index (χ0n) is 14.7. The van der Waals surface area contributed by atoms with Crippen molar-refractivity contribution in [2.45, 2.75) is 13.0 Å². The molecule has 26 heavy (non-hydrogen) atoms. The van der Waals surface area contributed by atoms with Crippen LogP contribution in [0.25, 0.3) is 5.69 Å². The first-order valence-electron chi connectivity index (χ1n) is 8.22. The second kappa shape index (κ2) is 8.06. The van der Waals surface area contributed by atoms with Crippen LogP contribution in [-0.2, 0) is 17.8 Å². The number of ether oxygens (including phenoxy) is 1. The van der Waals surface area contributed by atoms with Gasteiger partial charge < -0.3 is 9.64 Å². The van der Waals surface area contributed by atoms with Gasteiger partial charge in [-0.2, -0.15) is 5.10 Å². The summed E-state index contributed by atoms with van der Waals surface area (Å²) in [6, 6.07) is 15.1. The van der Waals surface area contributed by atoms with Crippen molar-refractivity contribution < 1.29 is 9.53 Å². The van der Waals surface area contributed by atoms with E-state index in [1.54, 1.807) is 48.1 Å². The third-order valence-corrected chi connectivity index (χ3v) is 4.32. The third-order valence-electron chi connectivity index (χ3n) is 4.09. The van der Waals surface area contributed by atoms with Gasteiger partial charge in [0.05, 0.1) is 25.4 Å². The maximum atomic E-state index is 12.6. The van der Waals surface area contributed by atoms with Crippen molar-refractivity contribution in [1.82, 2.24) is 14.7 Å². The predicted octanol–water partition coefficient (Wildman–Crippen LogP) is 3.74. The van der Waals surface area contributed by atoms with Crippen molar-refractivity contribution in [2.24, 2.45) is 0 Å². The fourth-order valence-electron chi connectivity index (χ4n) is 2.71. The summed E-state index contributed by atoms with van der Waals surface area (Å²) < 4.78 is 7.11. The smallest absolute Gasteiger partial charge is 0.227 e. The molecule has 134 valence electrons. The van der Waals surface area contributed by atoms with Crippen molar-refractivity contribution in [3.05, 3.63) is 77.1 Å². The standard InChI is InChI=1S/C20H20ClN3O2/c1-23(20(25)11-16-10-17(21)8-9-19(16)26-2)13-15-12-22-24(14-15)18-6-4-3-5-7-18/h3-10,12,14H,11,13H2,1-2H3. The number of hydrogen-bond donors (Lipinski definition) is 0. The molecule has 1 aromatic heterocycles. The Kier molecular flexibility index (Phi) is 5.58. The van der Waals surface area contributed by atoms with E-state index in [0.717, 1.165) is 16.8 Å². The van der Waals surface area contributed by atoms with E-state index in [-0.39, 0.29) is 12.3 Å². The molecule has 0 aliphatic rings. The number of aromatic nitrogens is 2. The van der Waals surface area contributed by atoms with Gasteiger partial charge in [0.2, 0.25) is 5.91 Å². The highest BCUT2D eigenvalue weighted by molar-refractivity contribution is 6.30. The number of rotatable bonds is 6. The molecule has 6 heteroatoms. The fraction of sp³-hybridized carbons (Fsp3) is 0.200. The molecule has 0 aliphatic heterocycles. The van der Waals surface area contributed by atoms with E-state index in [2.05, 4.69) is 5.10 Å². The van der Waals surface area contributed by atoms with Crippen LogP contribution >= 0.6 is 11.6 Å². The van der Waals surface area contributed by atoms with Crippen LogP contribution < -0.4 is 4.74 Å². The second-order valence-corrected chi connectivity index (χ2v) is 6.45. The van der Waals surface area contributed by atoms with Crippen LogP contribution in [0.4, 0.5) is 0 Å². The maximum Gasteiger partial charge on any atom is 0.227 e. The quantitative estimate of drug-likeness (QED) is 0.665. The van der Waals surface area contributed by atoms with Gasteiger partial charge in [-0.3, -0.25) is 4.79 Å². The van der Waals surface area contributed by atoms with Gasteiger partial charge in [-0.05, 0) is 30.3 Å². The van der Waals surface area contributed by atoms with Crippen molar-refractivity contribution in [1.29, 1.82) is 0 Å². The summed E-state index contributed by atoms with van der Waals surface area (Å²) >= 11 is 6.04. The first-order chi connectivity index (χ1) is 12.6. The summed E-state index contributed by atoms with van der Waals surface area (Å²) in [5.74, 6) is 0.645. The van der Waals surface area contributed by atoms with Crippen LogP contribution in [0.3, 0.4) is 0 Å². The molecule has 0 saturated heterocycles. The Morgan fingerprint density at radius 1 is 1.23 bits per heavy atom. The van der Waals surface area contributed by atoms with Crippen LogP contribution in [0.1, 0.15) is 11.1 Å². The molecule has 0 unspecified atom stereocenters. The van der Waals surface area contributed by atoms with Gasteiger partial charge in [0.15, 0.2) is 0 Å². The molecule has 0 N–H and O–H groups in total. The van der Waals surface area contributed by atoms with Gasteiger partial charge in [0.25, 0.3) is 0 Å². The molecule has 0 fully saturated rings. The average Bonchev–Trinajstić information content (AvgIpc) is 3.11. The molecule has 1 heterocycles. The van der Waals surface area contributed by atoms with Gasteiger partial charge >= 0.3 is 0 Å². The number of methoxy groups -OCH3 is 1. The molecule has 2 aromatic carbocycles. The zero-order chi connectivity index (χ0) is 18.5. The molecular formula is C20H20ClN3O2. The van der Waals surface area contributed by atoms with Crippen molar-refractivity contribution >= 4 is 17.5 Å². The number of halogens is 1. The molecule has 0 spiro atoms. The summed E-state index contributed by atoms with van der Waals surface area (Å²) in [6.07, 6.45) is 3.93. The SMILES string of the molecule is COc1ccc(Cl)cc1CC(=O)N(C)Cc1cnn(-c2ccccc2)c1. The van der Waals surface area contributed by atoms with Gasteiger partial charge in [0, 0.05) is 35.9 Å². The highest BCUT2D eigenvalue weighted by atomic mass is 35.5. The lowest BCUT2D eigenvalue weighted by Gasteiger charge is -2.17. The molecule has 0 aliphatic carbocycles. The Balaban J connectivity index is 1.67.